The molecule has 0 unspecified atom stereocenters. The van der Waals surface area contributed by atoms with Gasteiger partial charge in [-0.3, -0.25) is 0 Å². The Labute approximate surface area is 94.2 Å². The molecular formula is C11H15N3O2. The van der Waals surface area contributed by atoms with Crippen LogP contribution >= 0.6 is 0 Å². The molecule has 5 heteroatoms. The van der Waals surface area contributed by atoms with Gasteiger partial charge in [0, 0.05) is 32.1 Å². The summed E-state index contributed by atoms with van der Waals surface area (Å²) in [6.45, 7) is 1.68. The fourth-order valence-electron chi connectivity index (χ4n) is 1.91. The lowest BCUT2D eigenvalue weighted by Gasteiger charge is -2.31. The number of hydrogen-bond donors (Lipinski definition) is 1. The quantitative estimate of drug-likeness (QED) is 0.813. The van der Waals surface area contributed by atoms with E-state index in [0.717, 1.165) is 31.7 Å². The third kappa shape index (κ3) is 2.62. The van der Waals surface area contributed by atoms with Gasteiger partial charge in [-0.05, 0) is 12.1 Å². The molecule has 1 fully saturated rings. The molecule has 0 atom stereocenters. The molecule has 0 saturated carbocycles. The number of amides is 1. The summed E-state index contributed by atoms with van der Waals surface area (Å²) in [7, 11) is 0. The number of piperidine rings is 1. The number of carbonyl (C=O) groups excluding carboxylic acids is 1. The molecule has 2 N–H and O–H groups in total. The Balaban J connectivity index is 1.88. The lowest BCUT2D eigenvalue weighted by molar-refractivity contribution is 0.0912. The van der Waals surface area contributed by atoms with E-state index in [9.17, 15) is 4.79 Å². The van der Waals surface area contributed by atoms with Gasteiger partial charge in [0.05, 0.1) is 0 Å². The molecule has 2 rings (SSSR count). The number of rotatable bonds is 2. The highest BCUT2D eigenvalue weighted by Gasteiger charge is 2.21. The van der Waals surface area contributed by atoms with Crippen LogP contribution in [0.2, 0.25) is 0 Å². The Morgan fingerprint density at radius 1 is 1.44 bits per heavy atom. The van der Waals surface area contributed by atoms with E-state index in [2.05, 4.69) is 9.88 Å². The van der Waals surface area contributed by atoms with Crippen LogP contribution < -0.4 is 10.6 Å². The van der Waals surface area contributed by atoms with Gasteiger partial charge < -0.3 is 15.4 Å². The normalized spacial score (nSPS) is 17.1. The van der Waals surface area contributed by atoms with Crippen LogP contribution in [0, 0.1) is 0 Å². The van der Waals surface area contributed by atoms with Crippen molar-refractivity contribution in [1.82, 2.24) is 4.98 Å². The zero-order chi connectivity index (χ0) is 11.4. The first kappa shape index (κ1) is 10.7. The van der Waals surface area contributed by atoms with E-state index in [-0.39, 0.29) is 6.10 Å². The molecular weight excluding hydrogens is 206 g/mol. The maximum atomic E-state index is 10.6. The predicted molar refractivity (Wildman–Crippen MR) is 60.1 cm³/mol. The first-order chi connectivity index (χ1) is 7.75. The molecule has 0 spiro atoms. The number of aromatic nitrogens is 1. The third-order valence-corrected chi connectivity index (χ3v) is 2.70. The highest BCUT2D eigenvalue weighted by Crippen LogP contribution is 2.18. The van der Waals surface area contributed by atoms with Crippen molar-refractivity contribution < 1.29 is 9.53 Å². The summed E-state index contributed by atoms with van der Waals surface area (Å²) in [6, 6.07) is 5.84. The van der Waals surface area contributed by atoms with E-state index >= 15 is 0 Å². The summed E-state index contributed by atoms with van der Waals surface area (Å²) in [6.07, 6.45) is 2.66. The molecule has 1 aliphatic rings. The molecule has 0 bridgehead atoms. The maximum absolute atomic E-state index is 10.6. The monoisotopic (exact) mass is 221 g/mol. The van der Waals surface area contributed by atoms with Crippen LogP contribution in [0.4, 0.5) is 10.6 Å². The van der Waals surface area contributed by atoms with Gasteiger partial charge in [0.15, 0.2) is 0 Å². The first-order valence-electron chi connectivity index (χ1n) is 5.38. The SMILES string of the molecule is NC(=O)OC1CCN(c2ccccn2)CC1. The molecule has 1 aromatic rings. The number of nitrogens with zero attached hydrogens (tertiary/aromatic N) is 2. The smallest absolute Gasteiger partial charge is 0.404 e. The van der Waals surface area contributed by atoms with Crippen molar-refractivity contribution in [1.29, 1.82) is 0 Å². The van der Waals surface area contributed by atoms with Crippen LogP contribution in [0.15, 0.2) is 24.4 Å². The van der Waals surface area contributed by atoms with E-state index < -0.39 is 6.09 Å². The molecule has 1 aliphatic heterocycles. The third-order valence-electron chi connectivity index (χ3n) is 2.70. The number of nitrogens with two attached hydrogens (primary N) is 1. The Hall–Kier alpha value is -1.78. The average molecular weight is 221 g/mol. The van der Waals surface area contributed by atoms with E-state index in [1.807, 2.05) is 18.2 Å². The van der Waals surface area contributed by atoms with E-state index in [1.54, 1.807) is 6.20 Å². The first-order valence-corrected chi connectivity index (χ1v) is 5.38. The van der Waals surface area contributed by atoms with Crippen LogP contribution in [-0.2, 0) is 4.74 Å². The van der Waals surface area contributed by atoms with Gasteiger partial charge in [0.2, 0.25) is 0 Å². The van der Waals surface area contributed by atoms with Gasteiger partial charge in [-0.2, -0.15) is 0 Å². The van der Waals surface area contributed by atoms with E-state index in [4.69, 9.17) is 10.5 Å². The molecule has 2 heterocycles. The van der Waals surface area contributed by atoms with Crippen molar-refractivity contribution in [2.24, 2.45) is 5.73 Å². The number of anilines is 1. The number of hydrogen-bond acceptors (Lipinski definition) is 4. The van der Waals surface area contributed by atoms with Gasteiger partial charge in [0.1, 0.15) is 11.9 Å². The van der Waals surface area contributed by atoms with Crippen molar-refractivity contribution in [2.75, 3.05) is 18.0 Å². The summed E-state index contributed by atoms with van der Waals surface area (Å²) < 4.78 is 4.97. The molecule has 1 amide bonds. The molecule has 16 heavy (non-hydrogen) atoms. The highest BCUT2D eigenvalue weighted by molar-refractivity contribution is 5.64. The lowest BCUT2D eigenvalue weighted by atomic mass is 10.1. The molecule has 0 aliphatic carbocycles. The second-order valence-corrected chi connectivity index (χ2v) is 3.81. The van der Waals surface area contributed by atoms with Crippen molar-refractivity contribution in [3.8, 4) is 0 Å². The molecule has 0 radical (unpaired) electrons. The van der Waals surface area contributed by atoms with Gasteiger partial charge in [-0.15, -0.1) is 0 Å². The average Bonchev–Trinajstić information content (AvgIpc) is 2.30. The van der Waals surface area contributed by atoms with Gasteiger partial charge in [-0.1, -0.05) is 6.07 Å². The van der Waals surface area contributed by atoms with Crippen LogP contribution in [0.3, 0.4) is 0 Å². The van der Waals surface area contributed by atoms with Crippen LogP contribution in [0.5, 0.6) is 0 Å². The van der Waals surface area contributed by atoms with E-state index in [1.165, 1.54) is 0 Å². The van der Waals surface area contributed by atoms with E-state index in [0.29, 0.717) is 0 Å². The summed E-state index contributed by atoms with van der Waals surface area (Å²) >= 11 is 0. The summed E-state index contributed by atoms with van der Waals surface area (Å²) in [4.78, 5) is 17.1. The number of pyridine rings is 1. The number of ether oxygens (including phenoxy) is 1. The van der Waals surface area contributed by atoms with Gasteiger partial charge >= 0.3 is 6.09 Å². The number of carbonyl (C=O) groups is 1. The molecule has 1 aromatic heterocycles. The number of primary amides is 1. The Morgan fingerprint density at radius 2 is 2.19 bits per heavy atom. The Morgan fingerprint density at radius 3 is 2.75 bits per heavy atom. The second-order valence-electron chi connectivity index (χ2n) is 3.81. The van der Waals surface area contributed by atoms with Crippen LogP contribution in [-0.4, -0.2) is 30.3 Å². The minimum atomic E-state index is -0.684. The fraction of sp³-hybridized carbons (Fsp3) is 0.455. The fourth-order valence-corrected chi connectivity index (χ4v) is 1.91. The van der Waals surface area contributed by atoms with Crippen LogP contribution in [0.1, 0.15) is 12.8 Å². The summed E-state index contributed by atoms with van der Waals surface area (Å²) in [5.41, 5.74) is 4.98. The maximum Gasteiger partial charge on any atom is 0.404 e. The van der Waals surface area contributed by atoms with Crippen molar-refractivity contribution in [2.45, 2.75) is 18.9 Å². The standard InChI is InChI=1S/C11H15N3O2/c12-11(15)16-9-4-7-14(8-5-9)10-3-1-2-6-13-10/h1-3,6,9H,4-5,7-8H2,(H2,12,15). The van der Waals surface area contributed by atoms with Crippen LogP contribution in [0.25, 0.3) is 0 Å². The lowest BCUT2D eigenvalue weighted by Crippen LogP contribution is -2.39. The summed E-state index contributed by atoms with van der Waals surface area (Å²) in [5, 5.41) is 0. The minimum absolute atomic E-state index is 0.0440. The Kier molecular flexibility index (Phi) is 3.24. The predicted octanol–water partition coefficient (Wildman–Crippen LogP) is 1.15. The highest BCUT2D eigenvalue weighted by atomic mass is 16.6. The molecule has 5 nitrogen and oxygen atoms in total. The molecule has 1 saturated heterocycles. The zero-order valence-electron chi connectivity index (χ0n) is 9.00. The Bertz CT molecular complexity index is 348. The van der Waals surface area contributed by atoms with Crippen molar-refractivity contribution in [3.05, 3.63) is 24.4 Å². The zero-order valence-corrected chi connectivity index (χ0v) is 9.00. The molecule has 86 valence electrons. The largest absolute Gasteiger partial charge is 0.446 e. The van der Waals surface area contributed by atoms with Gasteiger partial charge in [-0.25, -0.2) is 9.78 Å². The van der Waals surface area contributed by atoms with Gasteiger partial charge in [0.25, 0.3) is 0 Å². The summed E-state index contributed by atoms with van der Waals surface area (Å²) in [5.74, 6) is 0.972. The molecule has 0 aromatic carbocycles. The topological polar surface area (TPSA) is 68.5 Å². The second kappa shape index (κ2) is 4.83. The minimum Gasteiger partial charge on any atom is -0.446 e. The van der Waals surface area contributed by atoms with Crippen molar-refractivity contribution in [3.63, 3.8) is 0 Å². The van der Waals surface area contributed by atoms with Crippen molar-refractivity contribution >= 4 is 11.9 Å².